The largest absolute Gasteiger partial charge is 0.359 e. The molecule has 0 aliphatic carbocycles. The maximum atomic E-state index is 12.0. The molecule has 2 nitrogen and oxygen atoms in total. The topological polar surface area (TPSA) is 29.1 Å². The van der Waals surface area contributed by atoms with E-state index in [9.17, 15) is 4.79 Å². The predicted octanol–water partition coefficient (Wildman–Crippen LogP) is 4.54. The number of carbonyl (C=O) groups excluding carboxylic acids is 1. The van der Waals surface area contributed by atoms with Crippen molar-refractivity contribution in [2.24, 2.45) is 0 Å². The van der Waals surface area contributed by atoms with Crippen LogP contribution < -0.4 is 5.32 Å². The van der Waals surface area contributed by atoms with E-state index in [2.05, 4.69) is 11.9 Å². The lowest BCUT2D eigenvalue weighted by Crippen LogP contribution is -2.06. The second-order valence-electron chi connectivity index (χ2n) is 4.20. The van der Waals surface area contributed by atoms with Gasteiger partial charge in [0.2, 0.25) is 0 Å². The molecule has 0 radical (unpaired) electrons. The minimum Gasteiger partial charge on any atom is -0.359 e. The fourth-order valence-electron chi connectivity index (χ4n) is 1.70. The van der Waals surface area contributed by atoms with Gasteiger partial charge in [0.1, 0.15) is 0 Å². The highest BCUT2D eigenvalue weighted by Crippen LogP contribution is 2.15. The number of anilines is 1. The quantitative estimate of drug-likeness (QED) is 0.809. The zero-order valence-electron chi connectivity index (χ0n) is 10.4. The van der Waals surface area contributed by atoms with E-state index < -0.39 is 0 Å². The number of hydrogen-bond donors (Lipinski definition) is 1. The summed E-state index contributed by atoms with van der Waals surface area (Å²) in [6.45, 7) is 3.88. The number of nitrogens with one attached hydrogen (secondary N) is 1. The smallest absolute Gasteiger partial charge is 0.168 e. The van der Waals surface area contributed by atoms with E-state index in [1.54, 1.807) is 24.3 Å². The van der Waals surface area contributed by atoms with Crippen molar-refractivity contribution in [1.82, 2.24) is 0 Å². The van der Waals surface area contributed by atoms with Gasteiger partial charge in [-0.25, -0.2) is 0 Å². The number of Topliss-reactive ketones (excluding diaryl/α,β-unsaturated/α-hetero) is 1. The Bertz CT molecular complexity index is 575. The molecule has 3 heteroatoms. The number of rotatable bonds is 5. The Morgan fingerprint density at radius 2 is 1.68 bits per heavy atom. The first-order valence-electron chi connectivity index (χ1n) is 5.94. The van der Waals surface area contributed by atoms with Crippen LogP contribution in [0.2, 0.25) is 5.02 Å². The summed E-state index contributed by atoms with van der Waals surface area (Å²) in [6, 6.07) is 16.5. The average Bonchev–Trinajstić information content (AvgIpc) is 2.40. The van der Waals surface area contributed by atoms with Crippen LogP contribution in [0, 0.1) is 0 Å². The summed E-state index contributed by atoms with van der Waals surface area (Å²) in [4.78, 5) is 12.0. The summed E-state index contributed by atoms with van der Waals surface area (Å²) >= 11 is 5.79. The van der Waals surface area contributed by atoms with Gasteiger partial charge in [0, 0.05) is 22.0 Å². The van der Waals surface area contributed by atoms with Gasteiger partial charge < -0.3 is 5.32 Å². The first-order chi connectivity index (χ1) is 9.15. The molecule has 0 aliphatic rings. The van der Waals surface area contributed by atoms with Crippen LogP contribution in [0.25, 0.3) is 0 Å². The Balaban J connectivity index is 1.95. The Labute approximate surface area is 117 Å². The van der Waals surface area contributed by atoms with E-state index in [1.807, 2.05) is 30.3 Å². The molecule has 0 aliphatic heterocycles. The highest BCUT2D eigenvalue weighted by molar-refractivity contribution is 6.30. The van der Waals surface area contributed by atoms with Crippen molar-refractivity contribution in [3.63, 3.8) is 0 Å². The first kappa shape index (κ1) is 13.4. The summed E-state index contributed by atoms with van der Waals surface area (Å²) in [5, 5.41) is 3.74. The SMILES string of the molecule is C=C(CC(=O)c1ccc(Cl)cc1)Nc1ccccc1. The summed E-state index contributed by atoms with van der Waals surface area (Å²) in [6.07, 6.45) is 0.260. The second kappa shape index (κ2) is 6.21. The predicted molar refractivity (Wildman–Crippen MR) is 79.6 cm³/mol. The summed E-state index contributed by atoms with van der Waals surface area (Å²) < 4.78 is 0. The van der Waals surface area contributed by atoms with Gasteiger partial charge in [0.25, 0.3) is 0 Å². The fraction of sp³-hybridized carbons (Fsp3) is 0.0625. The maximum absolute atomic E-state index is 12.0. The number of benzene rings is 2. The number of allylic oxidation sites excluding steroid dienone is 1. The van der Waals surface area contributed by atoms with Crippen molar-refractivity contribution in [3.8, 4) is 0 Å². The number of ketones is 1. The standard InChI is InChI=1S/C16H14ClNO/c1-12(18-15-5-3-2-4-6-15)11-16(19)13-7-9-14(17)10-8-13/h2-10,18H,1,11H2. The van der Waals surface area contributed by atoms with E-state index in [-0.39, 0.29) is 12.2 Å². The molecule has 0 aromatic heterocycles. The summed E-state index contributed by atoms with van der Waals surface area (Å²) in [5.41, 5.74) is 2.24. The summed E-state index contributed by atoms with van der Waals surface area (Å²) in [5.74, 6) is 0.0186. The number of hydrogen-bond acceptors (Lipinski definition) is 2. The number of carbonyl (C=O) groups is 1. The molecule has 2 aromatic rings. The van der Waals surface area contributed by atoms with E-state index in [0.717, 1.165) is 5.69 Å². The first-order valence-corrected chi connectivity index (χ1v) is 6.31. The molecule has 1 N–H and O–H groups in total. The third-order valence-corrected chi connectivity index (χ3v) is 2.89. The van der Waals surface area contributed by atoms with Crippen molar-refractivity contribution in [3.05, 3.63) is 77.5 Å². The minimum absolute atomic E-state index is 0.0186. The van der Waals surface area contributed by atoms with Gasteiger partial charge in [-0.3, -0.25) is 4.79 Å². The molecule has 0 amide bonds. The zero-order valence-corrected chi connectivity index (χ0v) is 11.2. The molecule has 19 heavy (non-hydrogen) atoms. The molecule has 0 saturated heterocycles. The van der Waals surface area contributed by atoms with E-state index in [0.29, 0.717) is 16.3 Å². The highest BCUT2D eigenvalue weighted by Gasteiger charge is 2.07. The Hall–Kier alpha value is -2.06. The second-order valence-corrected chi connectivity index (χ2v) is 4.64. The lowest BCUT2D eigenvalue weighted by atomic mass is 10.1. The van der Waals surface area contributed by atoms with Crippen molar-refractivity contribution < 1.29 is 4.79 Å². The molecule has 0 atom stereocenters. The molecule has 0 unspecified atom stereocenters. The van der Waals surface area contributed by atoms with Crippen LogP contribution in [-0.2, 0) is 0 Å². The average molecular weight is 272 g/mol. The lowest BCUT2D eigenvalue weighted by Gasteiger charge is -2.09. The molecule has 0 heterocycles. The molecular formula is C16H14ClNO. The van der Waals surface area contributed by atoms with Crippen molar-refractivity contribution in [2.45, 2.75) is 6.42 Å². The van der Waals surface area contributed by atoms with Gasteiger partial charge in [-0.15, -0.1) is 0 Å². The van der Waals surface area contributed by atoms with E-state index >= 15 is 0 Å². The third kappa shape index (κ3) is 3.97. The molecule has 0 saturated carbocycles. The highest BCUT2D eigenvalue weighted by atomic mass is 35.5. The van der Waals surface area contributed by atoms with Crippen LogP contribution in [0.15, 0.2) is 66.9 Å². The molecule has 2 rings (SSSR count). The molecule has 2 aromatic carbocycles. The fourth-order valence-corrected chi connectivity index (χ4v) is 1.83. The van der Waals surface area contributed by atoms with Gasteiger partial charge in [0.05, 0.1) is 6.42 Å². The lowest BCUT2D eigenvalue weighted by molar-refractivity contribution is 0.0993. The van der Waals surface area contributed by atoms with Crippen LogP contribution >= 0.6 is 11.6 Å². The van der Waals surface area contributed by atoms with E-state index in [4.69, 9.17) is 11.6 Å². The van der Waals surface area contributed by atoms with Gasteiger partial charge in [0.15, 0.2) is 5.78 Å². The van der Waals surface area contributed by atoms with Crippen LogP contribution in [-0.4, -0.2) is 5.78 Å². The van der Waals surface area contributed by atoms with Gasteiger partial charge in [-0.1, -0.05) is 36.4 Å². The normalized spacial score (nSPS) is 9.95. The van der Waals surface area contributed by atoms with Crippen molar-refractivity contribution >= 4 is 23.1 Å². The van der Waals surface area contributed by atoms with Crippen LogP contribution in [0.1, 0.15) is 16.8 Å². The molecule has 0 fully saturated rings. The molecule has 0 bridgehead atoms. The van der Waals surface area contributed by atoms with E-state index in [1.165, 1.54) is 0 Å². The Morgan fingerprint density at radius 1 is 1.05 bits per heavy atom. The molecule has 0 spiro atoms. The van der Waals surface area contributed by atoms with Crippen molar-refractivity contribution in [2.75, 3.05) is 5.32 Å². The van der Waals surface area contributed by atoms with Crippen molar-refractivity contribution in [1.29, 1.82) is 0 Å². The zero-order chi connectivity index (χ0) is 13.7. The maximum Gasteiger partial charge on any atom is 0.168 e. The van der Waals surface area contributed by atoms with Crippen LogP contribution in [0.5, 0.6) is 0 Å². The van der Waals surface area contributed by atoms with Crippen LogP contribution in [0.3, 0.4) is 0 Å². The molecule has 96 valence electrons. The van der Waals surface area contributed by atoms with Gasteiger partial charge in [-0.2, -0.15) is 0 Å². The Kier molecular flexibility index (Phi) is 4.37. The minimum atomic E-state index is 0.0186. The number of halogens is 1. The summed E-state index contributed by atoms with van der Waals surface area (Å²) in [7, 11) is 0. The number of para-hydroxylation sites is 1. The monoisotopic (exact) mass is 271 g/mol. The molecular weight excluding hydrogens is 258 g/mol. The van der Waals surface area contributed by atoms with Crippen LogP contribution in [0.4, 0.5) is 5.69 Å². The Morgan fingerprint density at radius 3 is 2.32 bits per heavy atom. The van der Waals surface area contributed by atoms with Gasteiger partial charge >= 0.3 is 0 Å². The third-order valence-electron chi connectivity index (χ3n) is 2.64. The van der Waals surface area contributed by atoms with Gasteiger partial charge in [-0.05, 0) is 36.4 Å².